The van der Waals surface area contributed by atoms with Crippen molar-refractivity contribution in [2.24, 2.45) is 0 Å². The molecule has 8 nitrogen and oxygen atoms in total. The molecule has 2 N–H and O–H groups in total. The second-order valence-electron chi connectivity index (χ2n) is 8.28. The summed E-state index contributed by atoms with van der Waals surface area (Å²) in [5.41, 5.74) is 5.37. The minimum atomic E-state index is -3.83. The summed E-state index contributed by atoms with van der Waals surface area (Å²) in [6, 6.07) is 14.8. The van der Waals surface area contributed by atoms with E-state index in [9.17, 15) is 8.42 Å². The van der Waals surface area contributed by atoms with Crippen molar-refractivity contribution in [2.45, 2.75) is 32.6 Å². The average Bonchev–Trinajstić information content (AvgIpc) is 3.33. The molecule has 3 heterocycles. The zero-order valence-corrected chi connectivity index (χ0v) is 21.2. The number of benzene rings is 2. The highest BCUT2D eigenvalue weighted by molar-refractivity contribution is 7.92. The summed E-state index contributed by atoms with van der Waals surface area (Å²) in [6.07, 6.45) is 1.53. The highest BCUT2D eigenvalue weighted by Gasteiger charge is 2.20. The predicted octanol–water partition coefficient (Wildman–Crippen LogP) is 6.12. The van der Waals surface area contributed by atoms with Gasteiger partial charge in [-0.05, 0) is 57.5 Å². The van der Waals surface area contributed by atoms with Gasteiger partial charge in [0.1, 0.15) is 17.0 Å². The Morgan fingerprint density at radius 3 is 2.29 bits per heavy atom. The van der Waals surface area contributed by atoms with Crippen molar-refractivity contribution in [2.75, 3.05) is 10.0 Å². The van der Waals surface area contributed by atoms with Crippen molar-refractivity contribution in [3.63, 3.8) is 0 Å². The molecule has 0 spiro atoms. The van der Waals surface area contributed by atoms with Crippen molar-refractivity contribution in [1.82, 2.24) is 15.1 Å². The first-order valence-corrected chi connectivity index (χ1v) is 13.2. The number of aromatic nitrogens is 3. The molecular formula is C25H23N5O3S2. The second kappa shape index (κ2) is 8.79. The Kier molecular flexibility index (Phi) is 5.78. The molecule has 0 fully saturated rings. The molecule has 2 aromatic carbocycles. The molecule has 3 aromatic heterocycles. The topological polar surface area (TPSA) is 110 Å². The third-order valence-corrected chi connectivity index (χ3v) is 8.18. The number of sulfonamides is 1. The Bertz CT molecular complexity index is 1640. The smallest absolute Gasteiger partial charge is 0.264 e. The van der Waals surface area contributed by atoms with Gasteiger partial charge in [-0.15, -0.1) is 11.3 Å². The normalized spacial score (nSPS) is 11.7. The maximum absolute atomic E-state index is 12.8. The SMILES string of the molecule is Cc1ccc(-c2c(C)sc3ncnc(Nc4ccc(S(=O)(=O)Nc5onc(C)c5C)cc4)c23)cc1. The van der Waals surface area contributed by atoms with Crippen LogP contribution in [0.5, 0.6) is 0 Å². The summed E-state index contributed by atoms with van der Waals surface area (Å²) in [4.78, 5) is 11.1. The number of nitrogens with one attached hydrogen (secondary N) is 2. The molecule has 5 rings (SSSR count). The summed E-state index contributed by atoms with van der Waals surface area (Å²) in [5, 5.41) is 8.06. The van der Waals surface area contributed by atoms with Gasteiger partial charge in [-0.3, -0.25) is 0 Å². The van der Waals surface area contributed by atoms with Gasteiger partial charge in [0.15, 0.2) is 0 Å². The van der Waals surface area contributed by atoms with Crippen molar-refractivity contribution in [1.29, 1.82) is 0 Å². The maximum atomic E-state index is 12.8. The van der Waals surface area contributed by atoms with Crippen LogP contribution in [0.15, 0.2) is 64.3 Å². The van der Waals surface area contributed by atoms with E-state index < -0.39 is 10.0 Å². The number of aryl methyl sites for hydroxylation is 3. The van der Waals surface area contributed by atoms with E-state index in [0.717, 1.165) is 26.2 Å². The van der Waals surface area contributed by atoms with Crippen LogP contribution in [-0.2, 0) is 10.0 Å². The third-order valence-electron chi connectivity index (χ3n) is 5.82. The van der Waals surface area contributed by atoms with Gasteiger partial charge in [-0.1, -0.05) is 35.0 Å². The molecule has 5 aromatic rings. The molecular weight excluding hydrogens is 482 g/mol. The second-order valence-corrected chi connectivity index (χ2v) is 11.2. The highest BCUT2D eigenvalue weighted by atomic mass is 32.2. The highest BCUT2D eigenvalue weighted by Crippen LogP contribution is 2.41. The third kappa shape index (κ3) is 4.38. The number of nitrogens with zero attached hydrogens (tertiary/aromatic N) is 3. The van der Waals surface area contributed by atoms with E-state index in [-0.39, 0.29) is 10.8 Å². The molecule has 0 bridgehead atoms. The lowest BCUT2D eigenvalue weighted by Crippen LogP contribution is -2.13. The summed E-state index contributed by atoms with van der Waals surface area (Å²) < 4.78 is 33.1. The van der Waals surface area contributed by atoms with Gasteiger partial charge in [0.25, 0.3) is 10.0 Å². The lowest BCUT2D eigenvalue weighted by atomic mass is 10.0. The van der Waals surface area contributed by atoms with Crippen LogP contribution in [0.25, 0.3) is 21.3 Å². The lowest BCUT2D eigenvalue weighted by molar-refractivity contribution is 0.430. The summed E-state index contributed by atoms with van der Waals surface area (Å²) >= 11 is 1.62. The Morgan fingerprint density at radius 1 is 0.914 bits per heavy atom. The maximum Gasteiger partial charge on any atom is 0.264 e. The van der Waals surface area contributed by atoms with Crippen LogP contribution >= 0.6 is 11.3 Å². The van der Waals surface area contributed by atoms with E-state index in [1.54, 1.807) is 37.3 Å². The van der Waals surface area contributed by atoms with E-state index in [0.29, 0.717) is 22.8 Å². The van der Waals surface area contributed by atoms with Crippen molar-refractivity contribution < 1.29 is 12.9 Å². The zero-order valence-electron chi connectivity index (χ0n) is 19.6. The fourth-order valence-corrected chi connectivity index (χ4v) is 5.81. The van der Waals surface area contributed by atoms with E-state index in [1.165, 1.54) is 24.0 Å². The largest absolute Gasteiger partial charge is 0.340 e. The van der Waals surface area contributed by atoms with Crippen LogP contribution in [0.2, 0.25) is 0 Å². The fourth-order valence-electron chi connectivity index (χ4n) is 3.75. The summed E-state index contributed by atoms with van der Waals surface area (Å²) in [6.45, 7) is 7.64. The quantitative estimate of drug-likeness (QED) is 0.286. The molecule has 35 heavy (non-hydrogen) atoms. The van der Waals surface area contributed by atoms with Gasteiger partial charge in [-0.2, -0.15) is 0 Å². The minimum Gasteiger partial charge on any atom is -0.340 e. The molecule has 0 radical (unpaired) electrons. The number of hydrogen-bond acceptors (Lipinski definition) is 8. The van der Waals surface area contributed by atoms with E-state index in [4.69, 9.17) is 4.52 Å². The molecule has 178 valence electrons. The first kappa shape index (κ1) is 23.0. The Hall–Kier alpha value is -3.76. The molecule has 0 saturated carbocycles. The van der Waals surface area contributed by atoms with Crippen LogP contribution in [-0.4, -0.2) is 23.5 Å². The summed E-state index contributed by atoms with van der Waals surface area (Å²) in [7, 11) is -3.83. The van der Waals surface area contributed by atoms with Gasteiger partial charge in [0.05, 0.1) is 16.0 Å². The fraction of sp³-hybridized carbons (Fsp3) is 0.160. The number of thiophene rings is 1. The van der Waals surface area contributed by atoms with Gasteiger partial charge >= 0.3 is 0 Å². The van der Waals surface area contributed by atoms with Crippen LogP contribution in [0.4, 0.5) is 17.4 Å². The van der Waals surface area contributed by atoms with Crippen molar-refractivity contribution >= 4 is 49.0 Å². The van der Waals surface area contributed by atoms with Gasteiger partial charge < -0.3 is 9.84 Å². The zero-order chi connectivity index (χ0) is 24.7. The van der Waals surface area contributed by atoms with Crippen LogP contribution in [0.3, 0.4) is 0 Å². The Balaban J connectivity index is 1.46. The number of hydrogen-bond donors (Lipinski definition) is 2. The number of rotatable bonds is 6. The standard InChI is InChI=1S/C25H23N5O3S2/c1-14-5-7-18(8-6-14)21-17(4)34-25-22(21)23(26-13-27-25)28-19-9-11-20(12-10-19)35(31,32)30-24-15(2)16(3)29-33-24/h5-13,30H,1-4H3,(H,26,27,28). The van der Waals surface area contributed by atoms with Gasteiger partial charge in [-0.25, -0.2) is 23.1 Å². The Labute approximate surface area is 207 Å². The van der Waals surface area contributed by atoms with Gasteiger partial charge in [0.2, 0.25) is 5.88 Å². The predicted molar refractivity (Wildman–Crippen MR) is 139 cm³/mol. The molecule has 0 aliphatic carbocycles. The molecule has 0 unspecified atom stereocenters. The Morgan fingerprint density at radius 2 is 1.63 bits per heavy atom. The monoisotopic (exact) mass is 505 g/mol. The molecule has 0 aliphatic heterocycles. The first-order valence-electron chi connectivity index (χ1n) is 10.9. The van der Waals surface area contributed by atoms with Crippen LogP contribution in [0.1, 0.15) is 21.7 Å². The molecule has 0 aliphatic rings. The van der Waals surface area contributed by atoms with Crippen molar-refractivity contribution in [3.05, 3.63) is 76.6 Å². The minimum absolute atomic E-state index is 0.107. The van der Waals surface area contributed by atoms with Crippen LogP contribution in [0, 0.1) is 27.7 Å². The van der Waals surface area contributed by atoms with Crippen LogP contribution < -0.4 is 10.0 Å². The summed E-state index contributed by atoms with van der Waals surface area (Å²) in [5.74, 6) is 0.779. The van der Waals surface area contributed by atoms with E-state index >= 15 is 0 Å². The molecule has 0 amide bonds. The molecule has 10 heteroatoms. The van der Waals surface area contributed by atoms with E-state index in [2.05, 4.69) is 63.3 Å². The van der Waals surface area contributed by atoms with Gasteiger partial charge in [0, 0.05) is 21.7 Å². The average molecular weight is 506 g/mol. The lowest BCUT2D eigenvalue weighted by Gasteiger charge is -2.10. The number of anilines is 3. The molecule has 0 saturated heterocycles. The van der Waals surface area contributed by atoms with E-state index in [1.807, 2.05) is 0 Å². The first-order chi connectivity index (χ1) is 16.7. The number of fused-ring (bicyclic) bond motifs is 1. The molecule has 0 atom stereocenters. The van der Waals surface area contributed by atoms with Crippen molar-refractivity contribution in [3.8, 4) is 11.1 Å².